The third kappa shape index (κ3) is 2.83. The normalized spacial score (nSPS) is 11.5. The largest absolute Gasteiger partial charge is 0.409 e. The number of benzene rings is 1. The number of nitrogens with two attached hydrogens (primary N) is 1. The van der Waals surface area contributed by atoms with Crippen LogP contribution in [-0.4, -0.2) is 31.3 Å². The van der Waals surface area contributed by atoms with Gasteiger partial charge in [-0.05, 0) is 24.3 Å². The van der Waals surface area contributed by atoms with Gasteiger partial charge >= 0.3 is 0 Å². The highest BCUT2D eigenvalue weighted by Gasteiger charge is 2.02. The smallest absolute Gasteiger partial charge is 0.170 e. The first kappa shape index (κ1) is 11.3. The zero-order valence-electron chi connectivity index (χ0n) is 8.52. The van der Waals surface area contributed by atoms with Crippen LogP contribution in [0, 0.1) is 0 Å². The summed E-state index contributed by atoms with van der Waals surface area (Å²) in [6, 6.07) is 7.03. The number of nitrogens with zero attached hydrogens (tertiary/aromatic N) is 2. The van der Waals surface area contributed by atoms with Crippen molar-refractivity contribution in [2.24, 2.45) is 10.9 Å². The van der Waals surface area contributed by atoms with E-state index in [0.29, 0.717) is 12.1 Å². The summed E-state index contributed by atoms with van der Waals surface area (Å²) in [5, 5.41) is 11.3. The number of alkyl halides is 1. The summed E-state index contributed by atoms with van der Waals surface area (Å²) in [5.74, 6) is 0.0645. The van der Waals surface area contributed by atoms with Crippen molar-refractivity contribution in [3.63, 3.8) is 0 Å². The molecule has 0 atom stereocenters. The molecule has 0 spiro atoms. The van der Waals surface area contributed by atoms with E-state index in [9.17, 15) is 4.39 Å². The predicted octanol–water partition coefficient (Wildman–Crippen LogP) is 1.19. The van der Waals surface area contributed by atoms with Gasteiger partial charge < -0.3 is 15.8 Å². The number of anilines is 1. The molecule has 82 valence electrons. The van der Waals surface area contributed by atoms with Gasteiger partial charge in [-0.3, -0.25) is 0 Å². The van der Waals surface area contributed by atoms with Crippen LogP contribution in [0.1, 0.15) is 5.56 Å². The molecule has 15 heavy (non-hydrogen) atoms. The summed E-state index contributed by atoms with van der Waals surface area (Å²) in [4.78, 5) is 1.79. The van der Waals surface area contributed by atoms with Crippen molar-refractivity contribution < 1.29 is 9.60 Å². The minimum atomic E-state index is -0.390. The highest BCUT2D eigenvalue weighted by Crippen LogP contribution is 2.13. The Morgan fingerprint density at radius 3 is 2.53 bits per heavy atom. The lowest BCUT2D eigenvalue weighted by Crippen LogP contribution is -2.20. The third-order valence-electron chi connectivity index (χ3n) is 2.13. The van der Waals surface area contributed by atoms with Gasteiger partial charge in [-0.1, -0.05) is 5.16 Å². The van der Waals surface area contributed by atoms with Crippen molar-refractivity contribution in [1.29, 1.82) is 0 Å². The molecule has 0 aromatic heterocycles. The van der Waals surface area contributed by atoms with Crippen LogP contribution in [-0.2, 0) is 0 Å². The standard InChI is InChI=1S/C10H14FN3O/c1-14(7-6-11)9-4-2-8(3-5-9)10(12)13-15/h2-5,15H,6-7H2,1H3,(H2,12,13). The second-order valence-corrected chi connectivity index (χ2v) is 3.14. The van der Waals surface area contributed by atoms with E-state index in [0.717, 1.165) is 5.69 Å². The van der Waals surface area contributed by atoms with Crippen LogP contribution >= 0.6 is 0 Å². The first-order valence-electron chi connectivity index (χ1n) is 4.54. The Labute approximate surface area is 87.8 Å². The van der Waals surface area contributed by atoms with Gasteiger partial charge in [0.25, 0.3) is 0 Å². The number of halogens is 1. The molecular formula is C10H14FN3O. The molecule has 0 heterocycles. The van der Waals surface area contributed by atoms with E-state index in [4.69, 9.17) is 10.9 Å². The van der Waals surface area contributed by atoms with Crippen LogP contribution in [0.15, 0.2) is 29.4 Å². The molecule has 0 fully saturated rings. The van der Waals surface area contributed by atoms with E-state index in [1.807, 2.05) is 0 Å². The minimum Gasteiger partial charge on any atom is -0.409 e. The average molecular weight is 211 g/mol. The van der Waals surface area contributed by atoms with Crippen molar-refractivity contribution in [1.82, 2.24) is 0 Å². The maximum Gasteiger partial charge on any atom is 0.170 e. The highest BCUT2D eigenvalue weighted by molar-refractivity contribution is 5.97. The fourth-order valence-electron chi connectivity index (χ4n) is 1.20. The summed E-state index contributed by atoms with van der Waals surface area (Å²) in [6.45, 7) is -0.0403. The summed E-state index contributed by atoms with van der Waals surface area (Å²) in [5.41, 5.74) is 6.93. The van der Waals surface area contributed by atoms with Gasteiger partial charge in [0.2, 0.25) is 0 Å². The van der Waals surface area contributed by atoms with E-state index < -0.39 is 6.67 Å². The van der Waals surface area contributed by atoms with Crippen molar-refractivity contribution in [3.8, 4) is 0 Å². The van der Waals surface area contributed by atoms with E-state index >= 15 is 0 Å². The van der Waals surface area contributed by atoms with Gasteiger partial charge in [0.1, 0.15) is 6.67 Å². The number of amidine groups is 1. The van der Waals surface area contributed by atoms with Crippen LogP contribution < -0.4 is 10.6 Å². The maximum atomic E-state index is 12.1. The number of oxime groups is 1. The Bertz CT molecular complexity index is 337. The predicted molar refractivity (Wildman–Crippen MR) is 58.2 cm³/mol. The van der Waals surface area contributed by atoms with Crippen LogP contribution in [0.4, 0.5) is 10.1 Å². The Morgan fingerprint density at radius 1 is 1.47 bits per heavy atom. The quantitative estimate of drug-likeness (QED) is 0.340. The first-order chi connectivity index (χ1) is 7.19. The highest BCUT2D eigenvalue weighted by atomic mass is 19.1. The maximum absolute atomic E-state index is 12.1. The Hall–Kier alpha value is -1.78. The first-order valence-corrected chi connectivity index (χ1v) is 4.54. The molecule has 0 saturated heterocycles. The molecule has 0 saturated carbocycles. The van der Waals surface area contributed by atoms with Gasteiger partial charge in [0.05, 0.1) is 0 Å². The van der Waals surface area contributed by atoms with Crippen LogP contribution in [0.2, 0.25) is 0 Å². The lowest BCUT2D eigenvalue weighted by Gasteiger charge is -2.17. The average Bonchev–Trinajstić information content (AvgIpc) is 2.28. The molecule has 0 amide bonds. The van der Waals surface area contributed by atoms with Crippen LogP contribution in [0.5, 0.6) is 0 Å². The monoisotopic (exact) mass is 211 g/mol. The molecule has 0 aliphatic rings. The molecule has 1 aromatic carbocycles. The molecule has 0 aliphatic heterocycles. The van der Waals surface area contributed by atoms with Crippen LogP contribution in [0.25, 0.3) is 0 Å². The van der Waals surface area contributed by atoms with E-state index in [2.05, 4.69) is 5.16 Å². The Balaban J connectivity index is 2.80. The fourth-order valence-corrected chi connectivity index (χ4v) is 1.20. The molecule has 1 aromatic rings. The van der Waals surface area contributed by atoms with E-state index in [1.165, 1.54) is 0 Å². The summed E-state index contributed by atoms with van der Waals surface area (Å²) < 4.78 is 12.1. The topological polar surface area (TPSA) is 61.8 Å². The molecule has 0 aliphatic carbocycles. The molecule has 0 unspecified atom stereocenters. The molecule has 5 heteroatoms. The Kier molecular flexibility index (Phi) is 3.91. The summed E-state index contributed by atoms with van der Waals surface area (Å²) in [7, 11) is 1.80. The summed E-state index contributed by atoms with van der Waals surface area (Å²) >= 11 is 0. The van der Waals surface area contributed by atoms with E-state index in [1.54, 1.807) is 36.2 Å². The van der Waals surface area contributed by atoms with Gasteiger partial charge in [-0.25, -0.2) is 4.39 Å². The van der Waals surface area contributed by atoms with Crippen molar-refractivity contribution in [2.75, 3.05) is 25.2 Å². The second-order valence-electron chi connectivity index (χ2n) is 3.14. The van der Waals surface area contributed by atoms with Crippen LogP contribution in [0.3, 0.4) is 0 Å². The second kappa shape index (κ2) is 5.19. The molecule has 4 nitrogen and oxygen atoms in total. The lowest BCUT2D eigenvalue weighted by atomic mass is 10.2. The van der Waals surface area contributed by atoms with Gasteiger partial charge in [-0.2, -0.15) is 0 Å². The van der Waals surface area contributed by atoms with Crippen molar-refractivity contribution in [3.05, 3.63) is 29.8 Å². The molecule has 3 N–H and O–H groups in total. The third-order valence-corrected chi connectivity index (χ3v) is 2.13. The molecule has 0 bridgehead atoms. The molecular weight excluding hydrogens is 197 g/mol. The van der Waals surface area contributed by atoms with E-state index in [-0.39, 0.29) is 5.84 Å². The van der Waals surface area contributed by atoms with Crippen molar-refractivity contribution in [2.45, 2.75) is 0 Å². The lowest BCUT2D eigenvalue weighted by molar-refractivity contribution is 0.318. The molecule has 0 radical (unpaired) electrons. The fraction of sp³-hybridized carbons (Fsp3) is 0.300. The molecule has 1 rings (SSSR count). The zero-order chi connectivity index (χ0) is 11.3. The number of hydrogen-bond acceptors (Lipinski definition) is 3. The van der Waals surface area contributed by atoms with Gasteiger partial charge in [-0.15, -0.1) is 0 Å². The minimum absolute atomic E-state index is 0.0645. The van der Waals surface area contributed by atoms with Gasteiger partial charge in [0, 0.05) is 24.8 Å². The number of hydrogen-bond donors (Lipinski definition) is 2. The van der Waals surface area contributed by atoms with Gasteiger partial charge in [0.15, 0.2) is 5.84 Å². The summed E-state index contributed by atoms with van der Waals surface area (Å²) in [6.07, 6.45) is 0. The van der Waals surface area contributed by atoms with Crippen molar-refractivity contribution >= 4 is 11.5 Å². The SMILES string of the molecule is CN(CCF)c1ccc(/C(N)=N/O)cc1. The Morgan fingerprint density at radius 2 is 2.07 bits per heavy atom. The zero-order valence-corrected chi connectivity index (χ0v) is 8.52. The number of rotatable bonds is 4.